The maximum atomic E-state index is 12.0. The predicted octanol–water partition coefficient (Wildman–Crippen LogP) is 2.15. The lowest BCUT2D eigenvalue weighted by Crippen LogP contribution is -2.50. The Morgan fingerprint density at radius 3 is 2.95 bits per heavy atom. The lowest BCUT2D eigenvalue weighted by Gasteiger charge is -2.36. The third kappa shape index (κ3) is 3.40. The molecule has 2 aliphatic rings. The van der Waals surface area contributed by atoms with Crippen molar-refractivity contribution in [3.8, 4) is 0 Å². The molecule has 2 fully saturated rings. The van der Waals surface area contributed by atoms with E-state index in [2.05, 4.69) is 15.7 Å². The van der Waals surface area contributed by atoms with Gasteiger partial charge in [0, 0.05) is 23.9 Å². The summed E-state index contributed by atoms with van der Waals surface area (Å²) >= 11 is 1.65. The van der Waals surface area contributed by atoms with E-state index < -0.39 is 0 Å². The molecule has 0 radical (unpaired) electrons. The maximum absolute atomic E-state index is 12.0. The number of nitrogens with one attached hydrogen (secondary N) is 1. The summed E-state index contributed by atoms with van der Waals surface area (Å²) in [6.45, 7) is 3.73. The monoisotopic (exact) mass is 323 g/mol. The number of hydrogen-bond acceptors (Lipinski definition) is 4. The number of halogens is 2. The van der Waals surface area contributed by atoms with Crippen molar-refractivity contribution >= 4 is 42.1 Å². The molecule has 2 aliphatic heterocycles. The van der Waals surface area contributed by atoms with Crippen LogP contribution in [0.5, 0.6) is 0 Å². The highest BCUT2D eigenvalue weighted by Crippen LogP contribution is 2.27. The smallest absolute Gasteiger partial charge is 0.223 e. The highest BCUT2D eigenvalue weighted by molar-refractivity contribution is 7.09. The molecule has 2 atom stereocenters. The molecule has 1 aromatic heterocycles. The molecule has 1 N–H and O–H groups in total. The normalized spacial score (nSPS) is 25.5. The molecule has 0 aromatic carbocycles. The Labute approximate surface area is 129 Å². The first kappa shape index (κ1) is 16.7. The quantitative estimate of drug-likeness (QED) is 0.907. The van der Waals surface area contributed by atoms with Gasteiger partial charge in [-0.3, -0.25) is 4.79 Å². The Hall–Kier alpha value is -0.360. The van der Waals surface area contributed by atoms with E-state index in [1.165, 1.54) is 0 Å². The van der Waals surface area contributed by atoms with E-state index in [-0.39, 0.29) is 24.8 Å². The van der Waals surface area contributed by atoms with E-state index in [4.69, 9.17) is 0 Å². The number of piperidine rings is 1. The summed E-state index contributed by atoms with van der Waals surface area (Å²) in [6.07, 6.45) is 2.76. The van der Waals surface area contributed by atoms with Crippen LogP contribution in [0.25, 0.3) is 0 Å². The molecule has 19 heavy (non-hydrogen) atoms. The lowest BCUT2D eigenvalue weighted by atomic mass is 9.97. The molecule has 2 saturated heterocycles. The van der Waals surface area contributed by atoms with Crippen molar-refractivity contribution in [3.63, 3.8) is 0 Å². The minimum absolute atomic E-state index is 0. The standard InChI is InChI=1S/C12H17N3OS.2ClH/c1-8-14-9(7-17-8)6-15-11-4-5-13-10(11)2-3-12(15)16;;/h7,10-11,13H,2-6H2,1H3;2*1H/t10-,11-;;/m1../s1. The van der Waals surface area contributed by atoms with Crippen LogP contribution in [0, 0.1) is 6.92 Å². The minimum atomic E-state index is 0. The van der Waals surface area contributed by atoms with Gasteiger partial charge < -0.3 is 10.2 Å². The average Bonchev–Trinajstić information content (AvgIpc) is 2.91. The van der Waals surface area contributed by atoms with Crippen LogP contribution >= 0.6 is 36.2 Å². The zero-order chi connectivity index (χ0) is 11.8. The van der Waals surface area contributed by atoms with Crippen LogP contribution in [0.15, 0.2) is 5.38 Å². The highest BCUT2D eigenvalue weighted by Gasteiger charge is 2.38. The third-order valence-electron chi connectivity index (χ3n) is 3.70. The molecule has 3 heterocycles. The Morgan fingerprint density at radius 2 is 2.26 bits per heavy atom. The zero-order valence-electron chi connectivity index (χ0n) is 10.8. The number of likely N-dealkylation sites (tertiary alicyclic amines) is 1. The van der Waals surface area contributed by atoms with E-state index in [1.807, 2.05) is 11.8 Å². The molecule has 3 rings (SSSR count). The highest BCUT2D eigenvalue weighted by atomic mass is 35.5. The predicted molar refractivity (Wildman–Crippen MR) is 81.3 cm³/mol. The maximum Gasteiger partial charge on any atom is 0.223 e. The van der Waals surface area contributed by atoms with Gasteiger partial charge in [0.2, 0.25) is 5.91 Å². The van der Waals surface area contributed by atoms with Gasteiger partial charge in [-0.05, 0) is 26.3 Å². The van der Waals surface area contributed by atoms with Gasteiger partial charge in [0.05, 0.1) is 17.2 Å². The summed E-state index contributed by atoms with van der Waals surface area (Å²) < 4.78 is 0. The Balaban J connectivity index is 0.000000902. The summed E-state index contributed by atoms with van der Waals surface area (Å²) in [4.78, 5) is 18.5. The van der Waals surface area contributed by atoms with Crippen molar-refractivity contribution in [1.82, 2.24) is 15.2 Å². The molecule has 7 heteroatoms. The fraction of sp³-hybridized carbons (Fsp3) is 0.667. The molecular weight excluding hydrogens is 305 g/mol. The van der Waals surface area contributed by atoms with Crippen molar-refractivity contribution in [2.45, 2.75) is 44.8 Å². The second-order valence-electron chi connectivity index (χ2n) is 4.83. The van der Waals surface area contributed by atoms with E-state index >= 15 is 0 Å². The van der Waals surface area contributed by atoms with Crippen molar-refractivity contribution in [2.75, 3.05) is 6.54 Å². The number of carbonyl (C=O) groups excluding carboxylic acids is 1. The first-order chi connectivity index (χ1) is 8.24. The van der Waals surface area contributed by atoms with Gasteiger partial charge in [-0.25, -0.2) is 4.98 Å². The van der Waals surface area contributed by atoms with Crippen molar-refractivity contribution in [2.24, 2.45) is 0 Å². The Bertz CT molecular complexity index is 440. The second kappa shape index (κ2) is 6.88. The molecule has 0 aliphatic carbocycles. The number of fused-ring (bicyclic) bond motifs is 1. The van der Waals surface area contributed by atoms with Crippen LogP contribution in [0.3, 0.4) is 0 Å². The molecule has 1 aromatic rings. The van der Waals surface area contributed by atoms with E-state index in [0.29, 0.717) is 31.0 Å². The number of nitrogens with zero attached hydrogens (tertiary/aromatic N) is 2. The molecule has 1 amide bonds. The molecular formula is C12H19Cl2N3OS. The van der Waals surface area contributed by atoms with E-state index in [9.17, 15) is 4.79 Å². The summed E-state index contributed by atoms with van der Waals surface area (Å²) in [5.74, 6) is 0.292. The number of aryl methyl sites for hydroxylation is 1. The van der Waals surface area contributed by atoms with E-state index in [1.54, 1.807) is 11.3 Å². The number of rotatable bonds is 2. The number of hydrogen-bond donors (Lipinski definition) is 1. The zero-order valence-corrected chi connectivity index (χ0v) is 13.2. The van der Waals surface area contributed by atoms with Crippen molar-refractivity contribution in [1.29, 1.82) is 0 Å². The van der Waals surface area contributed by atoms with Gasteiger partial charge in [-0.1, -0.05) is 0 Å². The van der Waals surface area contributed by atoms with Gasteiger partial charge in [0.15, 0.2) is 0 Å². The van der Waals surface area contributed by atoms with Crippen LogP contribution in [-0.4, -0.2) is 34.4 Å². The fourth-order valence-corrected chi connectivity index (χ4v) is 3.49. The number of aromatic nitrogens is 1. The molecule has 4 nitrogen and oxygen atoms in total. The SMILES string of the molecule is Cc1nc(CN2C(=O)CC[C@H]3NCC[C@H]32)cs1.Cl.Cl. The van der Waals surface area contributed by atoms with Crippen LogP contribution in [0.2, 0.25) is 0 Å². The third-order valence-corrected chi connectivity index (χ3v) is 4.52. The van der Waals surface area contributed by atoms with Gasteiger partial charge in [-0.15, -0.1) is 36.2 Å². The number of amides is 1. The summed E-state index contributed by atoms with van der Waals surface area (Å²) in [6, 6.07) is 0.894. The fourth-order valence-electron chi connectivity index (χ4n) is 2.89. The molecule has 0 spiro atoms. The summed E-state index contributed by atoms with van der Waals surface area (Å²) in [5.41, 5.74) is 1.04. The minimum Gasteiger partial charge on any atom is -0.332 e. The molecule has 0 unspecified atom stereocenters. The van der Waals surface area contributed by atoms with Crippen LogP contribution in [-0.2, 0) is 11.3 Å². The van der Waals surface area contributed by atoms with Gasteiger partial charge in [0.1, 0.15) is 0 Å². The first-order valence-corrected chi connectivity index (χ1v) is 7.06. The Morgan fingerprint density at radius 1 is 1.47 bits per heavy atom. The van der Waals surface area contributed by atoms with Gasteiger partial charge in [0.25, 0.3) is 0 Å². The van der Waals surface area contributed by atoms with Gasteiger partial charge >= 0.3 is 0 Å². The summed E-state index contributed by atoms with van der Waals surface area (Å²) in [5, 5.41) is 6.63. The lowest BCUT2D eigenvalue weighted by molar-refractivity contribution is -0.137. The van der Waals surface area contributed by atoms with Crippen molar-refractivity contribution in [3.05, 3.63) is 16.1 Å². The van der Waals surface area contributed by atoms with Crippen LogP contribution in [0.1, 0.15) is 30.0 Å². The van der Waals surface area contributed by atoms with E-state index in [0.717, 1.165) is 30.1 Å². The molecule has 0 saturated carbocycles. The van der Waals surface area contributed by atoms with Crippen LogP contribution in [0.4, 0.5) is 0 Å². The summed E-state index contributed by atoms with van der Waals surface area (Å²) in [7, 11) is 0. The van der Waals surface area contributed by atoms with Crippen molar-refractivity contribution < 1.29 is 4.79 Å². The Kier molecular flexibility index (Phi) is 6.05. The second-order valence-corrected chi connectivity index (χ2v) is 5.90. The van der Waals surface area contributed by atoms with Gasteiger partial charge in [-0.2, -0.15) is 0 Å². The molecule has 0 bridgehead atoms. The molecule has 108 valence electrons. The first-order valence-electron chi connectivity index (χ1n) is 6.18. The topological polar surface area (TPSA) is 45.2 Å². The van der Waals surface area contributed by atoms with Crippen LogP contribution < -0.4 is 5.32 Å². The largest absolute Gasteiger partial charge is 0.332 e. The average molecular weight is 324 g/mol. The number of carbonyl (C=O) groups is 1. The number of thiazole rings is 1.